The average molecular weight is 380 g/mol. The molecule has 0 aromatic heterocycles. The Bertz CT molecular complexity index is 773. The van der Waals surface area contributed by atoms with Gasteiger partial charge in [-0.25, -0.2) is 4.99 Å². The van der Waals surface area contributed by atoms with Crippen molar-refractivity contribution in [3.8, 4) is 5.75 Å². The van der Waals surface area contributed by atoms with E-state index in [1.165, 1.54) is 0 Å². The van der Waals surface area contributed by atoms with Crippen molar-refractivity contribution in [2.75, 3.05) is 30.8 Å². The van der Waals surface area contributed by atoms with Crippen LogP contribution in [0, 0.1) is 5.92 Å². The number of methoxy groups -OCH3 is 1. The summed E-state index contributed by atoms with van der Waals surface area (Å²) in [7, 11) is 1.57. The van der Waals surface area contributed by atoms with Gasteiger partial charge in [0.1, 0.15) is 17.4 Å². The Balaban J connectivity index is 1.64. The Labute approximate surface area is 156 Å². The highest BCUT2D eigenvalue weighted by Crippen LogP contribution is 2.33. The molecule has 1 unspecified atom stereocenters. The predicted octanol–water partition coefficient (Wildman–Crippen LogP) is 4.15. The van der Waals surface area contributed by atoms with Gasteiger partial charge in [0.2, 0.25) is 0 Å². The van der Waals surface area contributed by atoms with E-state index < -0.39 is 12.6 Å². The van der Waals surface area contributed by atoms with E-state index in [4.69, 9.17) is 10.5 Å². The number of halogens is 3. The summed E-state index contributed by atoms with van der Waals surface area (Å²) in [6, 6.07) is 5.35. The Morgan fingerprint density at radius 1 is 1.37 bits per heavy atom. The maximum atomic E-state index is 12.4. The number of nitrogens with zero attached hydrogens (tertiary/aromatic N) is 3. The first kappa shape index (κ1) is 19.1. The number of rotatable bonds is 4. The van der Waals surface area contributed by atoms with Crippen molar-refractivity contribution in [3.63, 3.8) is 0 Å². The number of ether oxygens (including phenoxy) is 1. The summed E-state index contributed by atoms with van der Waals surface area (Å²) < 4.78 is 42.4. The Hall–Kier alpha value is -2.64. The van der Waals surface area contributed by atoms with E-state index >= 15 is 0 Å². The summed E-state index contributed by atoms with van der Waals surface area (Å²) >= 11 is 0. The lowest BCUT2D eigenvalue weighted by atomic mass is 10.0. The number of benzene rings is 1. The molecule has 146 valence electrons. The number of amidine groups is 1. The minimum Gasteiger partial charge on any atom is -0.497 e. The van der Waals surface area contributed by atoms with E-state index in [1.807, 2.05) is 23.2 Å². The molecule has 0 amide bonds. The van der Waals surface area contributed by atoms with Crippen molar-refractivity contribution in [3.05, 3.63) is 42.9 Å². The van der Waals surface area contributed by atoms with Crippen LogP contribution in [0.5, 0.6) is 5.75 Å². The van der Waals surface area contributed by atoms with Crippen molar-refractivity contribution in [2.45, 2.75) is 25.4 Å². The summed E-state index contributed by atoms with van der Waals surface area (Å²) in [5, 5.41) is 0. The number of alkyl halides is 3. The van der Waals surface area contributed by atoms with Crippen LogP contribution in [-0.2, 0) is 0 Å². The van der Waals surface area contributed by atoms with Crippen LogP contribution in [0.4, 0.5) is 24.5 Å². The number of hydrogen-bond donors (Lipinski definition) is 1. The van der Waals surface area contributed by atoms with Gasteiger partial charge < -0.3 is 20.3 Å². The molecule has 0 spiro atoms. The highest BCUT2D eigenvalue weighted by Gasteiger charge is 2.32. The van der Waals surface area contributed by atoms with Crippen molar-refractivity contribution in [2.24, 2.45) is 10.9 Å². The quantitative estimate of drug-likeness (QED) is 0.798. The lowest BCUT2D eigenvalue weighted by Crippen LogP contribution is -2.31. The van der Waals surface area contributed by atoms with E-state index in [0.29, 0.717) is 30.3 Å². The standard InChI is InChI=1S/C19H23F3N4O/c1-13-24-18(25-9-6-14(12-25)5-8-19(20,21)22)7-10-26(13)17-4-3-15(27-2)11-16(17)23/h3-4,7,10-11,14H,1,5-6,8-9,12,23H2,2H3. The highest BCUT2D eigenvalue weighted by atomic mass is 19.4. The minimum atomic E-state index is -4.09. The molecule has 1 fully saturated rings. The molecule has 1 atom stereocenters. The average Bonchev–Trinajstić information content (AvgIpc) is 3.09. The van der Waals surface area contributed by atoms with Crippen molar-refractivity contribution < 1.29 is 17.9 Å². The van der Waals surface area contributed by atoms with Gasteiger partial charge in [0.15, 0.2) is 0 Å². The zero-order valence-electron chi connectivity index (χ0n) is 15.2. The molecule has 0 saturated carbocycles. The lowest BCUT2D eigenvalue weighted by Gasteiger charge is -2.28. The summed E-state index contributed by atoms with van der Waals surface area (Å²) in [6.07, 6.45) is -0.263. The van der Waals surface area contributed by atoms with Crippen molar-refractivity contribution in [1.82, 2.24) is 4.90 Å². The van der Waals surface area contributed by atoms with Crippen LogP contribution in [0.25, 0.3) is 0 Å². The topological polar surface area (TPSA) is 54.1 Å². The molecule has 2 aliphatic heterocycles. The smallest absolute Gasteiger partial charge is 0.389 e. The summed E-state index contributed by atoms with van der Waals surface area (Å²) in [4.78, 5) is 8.31. The van der Waals surface area contributed by atoms with Crippen LogP contribution in [0.15, 0.2) is 47.9 Å². The Kier molecular flexibility index (Phi) is 5.34. The van der Waals surface area contributed by atoms with Crippen LogP contribution >= 0.6 is 0 Å². The first-order chi connectivity index (χ1) is 12.8. The second-order valence-electron chi connectivity index (χ2n) is 6.75. The van der Waals surface area contributed by atoms with Crippen molar-refractivity contribution in [1.29, 1.82) is 0 Å². The summed E-state index contributed by atoms with van der Waals surface area (Å²) in [5.41, 5.74) is 7.36. The molecule has 0 aliphatic carbocycles. The molecule has 2 N–H and O–H groups in total. The molecule has 0 radical (unpaired) electrons. The predicted molar refractivity (Wildman–Crippen MR) is 101 cm³/mol. The second kappa shape index (κ2) is 7.54. The van der Waals surface area contributed by atoms with Gasteiger partial charge in [-0.05, 0) is 37.0 Å². The zero-order chi connectivity index (χ0) is 19.6. The van der Waals surface area contributed by atoms with E-state index in [9.17, 15) is 13.2 Å². The van der Waals surface area contributed by atoms with E-state index in [0.717, 1.165) is 17.9 Å². The molecule has 2 heterocycles. The third-order valence-corrected chi connectivity index (χ3v) is 4.83. The molecule has 1 aromatic rings. The second-order valence-corrected chi connectivity index (χ2v) is 6.75. The Morgan fingerprint density at radius 3 is 2.78 bits per heavy atom. The fourth-order valence-electron chi connectivity index (χ4n) is 3.37. The first-order valence-corrected chi connectivity index (χ1v) is 8.77. The molecule has 1 aromatic carbocycles. The maximum Gasteiger partial charge on any atom is 0.389 e. The molecule has 0 bridgehead atoms. The van der Waals surface area contributed by atoms with Gasteiger partial charge in [-0.1, -0.05) is 6.58 Å². The largest absolute Gasteiger partial charge is 0.497 e. The van der Waals surface area contributed by atoms with Gasteiger partial charge in [0.25, 0.3) is 0 Å². The van der Waals surface area contributed by atoms with Gasteiger partial charge >= 0.3 is 6.18 Å². The number of anilines is 2. The number of likely N-dealkylation sites (tertiary alicyclic amines) is 1. The van der Waals surface area contributed by atoms with E-state index in [1.54, 1.807) is 24.1 Å². The molecule has 27 heavy (non-hydrogen) atoms. The molecule has 2 aliphatic rings. The van der Waals surface area contributed by atoms with Gasteiger partial charge in [-0.15, -0.1) is 0 Å². The highest BCUT2D eigenvalue weighted by molar-refractivity contribution is 5.96. The number of nitrogen functional groups attached to an aromatic ring is 1. The third-order valence-electron chi connectivity index (χ3n) is 4.83. The van der Waals surface area contributed by atoms with Crippen molar-refractivity contribution >= 4 is 17.2 Å². The Morgan fingerprint density at radius 2 is 2.15 bits per heavy atom. The number of aliphatic imine (C=N–C) groups is 1. The van der Waals surface area contributed by atoms with Gasteiger partial charge in [-0.2, -0.15) is 13.2 Å². The van der Waals surface area contributed by atoms with E-state index in [2.05, 4.69) is 11.6 Å². The lowest BCUT2D eigenvalue weighted by molar-refractivity contribution is -0.137. The monoisotopic (exact) mass is 380 g/mol. The number of nitrogens with two attached hydrogens (primary N) is 1. The van der Waals surface area contributed by atoms with Crippen LogP contribution in [0.1, 0.15) is 19.3 Å². The summed E-state index contributed by atoms with van der Waals surface area (Å²) in [5.74, 6) is 1.92. The van der Waals surface area contributed by atoms with Gasteiger partial charge in [0.05, 0.1) is 18.5 Å². The van der Waals surface area contributed by atoms with Crippen LogP contribution in [0.2, 0.25) is 0 Å². The van der Waals surface area contributed by atoms with Crippen LogP contribution in [-0.4, -0.2) is 37.1 Å². The molecule has 8 heteroatoms. The third kappa shape index (κ3) is 4.56. The molecule has 1 saturated heterocycles. The fraction of sp³-hybridized carbons (Fsp3) is 0.421. The molecule has 3 rings (SSSR count). The van der Waals surface area contributed by atoms with Crippen LogP contribution < -0.4 is 15.4 Å². The van der Waals surface area contributed by atoms with E-state index in [-0.39, 0.29) is 12.3 Å². The van der Waals surface area contributed by atoms with Gasteiger partial charge in [-0.3, -0.25) is 0 Å². The molecular weight excluding hydrogens is 357 g/mol. The minimum absolute atomic E-state index is 0.0336. The van der Waals surface area contributed by atoms with Gasteiger partial charge in [0, 0.05) is 31.8 Å². The zero-order valence-corrected chi connectivity index (χ0v) is 15.2. The SMILES string of the molecule is C=C1N=C(N2CCC(CCC(F)(F)F)C2)C=CN1c1ccc(OC)cc1N. The fourth-order valence-corrected chi connectivity index (χ4v) is 3.37. The number of hydrogen-bond acceptors (Lipinski definition) is 5. The maximum absolute atomic E-state index is 12.4. The first-order valence-electron chi connectivity index (χ1n) is 8.77. The summed E-state index contributed by atoms with van der Waals surface area (Å²) in [6.45, 7) is 5.27. The normalized spacial score (nSPS) is 20.2. The van der Waals surface area contributed by atoms with Crippen LogP contribution in [0.3, 0.4) is 0 Å². The molecular formula is C19H23F3N4O. The molecule has 5 nitrogen and oxygen atoms in total.